The molecule has 18 nitrogen and oxygen atoms in total. The van der Waals surface area contributed by atoms with E-state index in [4.69, 9.17) is 65.6 Å². The predicted octanol–water partition coefficient (Wildman–Crippen LogP) is 8.21. The summed E-state index contributed by atoms with van der Waals surface area (Å²) in [5.41, 5.74) is 29.5. The first-order valence-corrected chi connectivity index (χ1v) is 23.1. The standard InChI is InChI=1S/C31H42N4O6.C21H24N4O4/c1-5-37-25-15-21(14-23-17-34-30(33)35-29(23)32)16-26(28(25)22-9-11-24(12-10-22)41-20-36-4)39-18-31(2,3)19-40-27-8-6-7-13-38-27;1-3-28-18-10-13(8-15-11-24-21(23)25-20(15)22)9-17(26)19(18)14-4-6-16(7-5-14)29-12-27-2/h9-12,15-17,27H,5-8,13-14,18-20H2,1-4H3,(H4,32,33,34,35);4-7,9-11,26H,3,8,12H2,1-2H3,(H4,22,23,24,25). The Bertz CT molecular complexity index is 2590. The minimum absolute atomic E-state index is 0.103. The van der Waals surface area contributed by atoms with Gasteiger partial charge in [-0.3, -0.25) is 0 Å². The number of phenols is 1. The molecule has 3 heterocycles. The lowest BCUT2D eigenvalue weighted by molar-refractivity contribution is -0.178. The third kappa shape index (κ3) is 14.9. The molecule has 0 spiro atoms. The fraction of sp³-hybridized carbons (Fsp3) is 0.385. The summed E-state index contributed by atoms with van der Waals surface area (Å²) in [6, 6.07) is 22.7. The van der Waals surface area contributed by atoms with Crippen LogP contribution in [0.25, 0.3) is 22.3 Å². The molecular weight excluding hydrogens is 897 g/mol. The number of ether oxygens (including phenoxy) is 9. The van der Waals surface area contributed by atoms with Crippen LogP contribution in [0.3, 0.4) is 0 Å². The van der Waals surface area contributed by atoms with Gasteiger partial charge in [-0.1, -0.05) is 38.1 Å². The van der Waals surface area contributed by atoms with Crippen molar-refractivity contribution >= 4 is 23.5 Å². The zero-order valence-electron chi connectivity index (χ0n) is 40.9. The van der Waals surface area contributed by atoms with E-state index in [1.165, 1.54) is 0 Å². The molecular formula is C52H66N8O10. The monoisotopic (exact) mass is 962 g/mol. The largest absolute Gasteiger partial charge is 0.507 e. The van der Waals surface area contributed by atoms with Gasteiger partial charge in [0, 0.05) is 62.6 Å². The van der Waals surface area contributed by atoms with Crippen molar-refractivity contribution in [2.24, 2.45) is 5.41 Å². The normalized spacial score (nSPS) is 13.5. The molecule has 0 amide bonds. The number of rotatable bonds is 22. The quantitative estimate of drug-likeness (QED) is 0.0401. The second kappa shape index (κ2) is 25.5. The van der Waals surface area contributed by atoms with Crippen LogP contribution in [-0.4, -0.2) is 92.2 Å². The highest BCUT2D eigenvalue weighted by Crippen LogP contribution is 2.43. The van der Waals surface area contributed by atoms with Crippen LogP contribution < -0.4 is 46.6 Å². The van der Waals surface area contributed by atoms with Gasteiger partial charge in [0.15, 0.2) is 19.9 Å². The van der Waals surface area contributed by atoms with Crippen LogP contribution in [0.15, 0.2) is 85.2 Å². The number of nitrogens with zero attached hydrogens (tertiary/aromatic N) is 4. The van der Waals surface area contributed by atoms with E-state index in [1.54, 1.807) is 32.7 Å². The highest BCUT2D eigenvalue weighted by Gasteiger charge is 2.26. The molecule has 1 saturated heterocycles. The van der Waals surface area contributed by atoms with Crippen LogP contribution in [0.4, 0.5) is 23.5 Å². The molecule has 0 bridgehead atoms. The van der Waals surface area contributed by atoms with E-state index in [-0.39, 0.29) is 42.9 Å². The number of aromatic hydroxyl groups is 1. The van der Waals surface area contributed by atoms with Gasteiger partial charge >= 0.3 is 0 Å². The van der Waals surface area contributed by atoms with Gasteiger partial charge in [0.2, 0.25) is 11.9 Å². The molecule has 1 fully saturated rings. The first kappa shape index (κ1) is 52.3. The minimum Gasteiger partial charge on any atom is -0.507 e. The molecule has 4 aromatic carbocycles. The van der Waals surface area contributed by atoms with Crippen LogP contribution in [0.2, 0.25) is 0 Å². The molecule has 2 aromatic heterocycles. The number of phenolic OH excluding ortho intramolecular Hbond substituents is 1. The van der Waals surface area contributed by atoms with E-state index in [0.29, 0.717) is 90.8 Å². The van der Waals surface area contributed by atoms with Gasteiger partial charge in [0.05, 0.1) is 37.6 Å². The Morgan fingerprint density at radius 2 is 1.11 bits per heavy atom. The minimum atomic E-state index is -0.271. The number of benzene rings is 4. The van der Waals surface area contributed by atoms with Gasteiger partial charge in [-0.2, -0.15) is 9.97 Å². The van der Waals surface area contributed by atoms with Crippen molar-refractivity contribution < 1.29 is 47.7 Å². The van der Waals surface area contributed by atoms with E-state index >= 15 is 0 Å². The van der Waals surface area contributed by atoms with E-state index in [2.05, 4.69) is 33.8 Å². The van der Waals surface area contributed by atoms with Crippen LogP contribution in [0.1, 0.15) is 69.2 Å². The lowest BCUT2D eigenvalue weighted by Gasteiger charge is -2.30. The molecule has 7 rings (SSSR count). The van der Waals surface area contributed by atoms with Crippen molar-refractivity contribution in [2.45, 2.75) is 66.1 Å². The molecule has 1 unspecified atom stereocenters. The predicted molar refractivity (Wildman–Crippen MR) is 269 cm³/mol. The van der Waals surface area contributed by atoms with Crippen molar-refractivity contribution in [3.63, 3.8) is 0 Å². The molecule has 9 N–H and O–H groups in total. The van der Waals surface area contributed by atoms with Crippen molar-refractivity contribution in [3.05, 3.63) is 107 Å². The van der Waals surface area contributed by atoms with Crippen LogP contribution in [-0.2, 0) is 31.8 Å². The highest BCUT2D eigenvalue weighted by atomic mass is 16.7. The number of hydrogen-bond acceptors (Lipinski definition) is 18. The molecule has 1 atom stereocenters. The van der Waals surface area contributed by atoms with E-state index < -0.39 is 0 Å². The van der Waals surface area contributed by atoms with Gasteiger partial charge in [0.1, 0.15) is 46.1 Å². The zero-order chi connectivity index (χ0) is 50.0. The Kier molecular flexibility index (Phi) is 19.0. The third-order valence-corrected chi connectivity index (χ3v) is 10.9. The Labute approximate surface area is 409 Å². The molecule has 1 aliphatic rings. The molecule has 374 valence electrons. The maximum absolute atomic E-state index is 10.7. The van der Waals surface area contributed by atoms with Crippen LogP contribution in [0.5, 0.6) is 34.5 Å². The summed E-state index contributed by atoms with van der Waals surface area (Å²) in [5, 5.41) is 10.7. The molecule has 0 aliphatic carbocycles. The maximum atomic E-state index is 10.7. The first-order valence-electron chi connectivity index (χ1n) is 23.1. The molecule has 0 radical (unpaired) electrons. The number of nitrogens with two attached hydrogens (primary N) is 4. The summed E-state index contributed by atoms with van der Waals surface area (Å²) in [6.07, 6.45) is 7.13. The second-order valence-corrected chi connectivity index (χ2v) is 17.2. The first-order chi connectivity index (χ1) is 33.8. The van der Waals surface area contributed by atoms with Crippen LogP contribution >= 0.6 is 0 Å². The van der Waals surface area contributed by atoms with Crippen molar-refractivity contribution in [1.82, 2.24) is 19.9 Å². The summed E-state index contributed by atoms with van der Waals surface area (Å²) in [5.74, 6) is 4.35. The fourth-order valence-electron chi connectivity index (χ4n) is 7.48. The smallest absolute Gasteiger partial charge is 0.221 e. The average molecular weight is 963 g/mol. The lowest BCUT2D eigenvalue weighted by atomic mass is 9.95. The summed E-state index contributed by atoms with van der Waals surface area (Å²) >= 11 is 0. The summed E-state index contributed by atoms with van der Waals surface area (Å²) in [6.45, 7) is 11.1. The Morgan fingerprint density at radius 1 is 0.629 bits per heavy atom. The summed E-state index contributed by atoms with van der Waals surface area (Å²) < 4.78 is 51.3. The van der Waals surface area contributed by atoms with E-state index in [0.717, 1.165) is 59.3 Å². The Hall–Kier alpha value is -7.12. The topological polar surface area (TPSA) is 259 Å². The summed E-state index contributed by atoms with van der Waals surface area (Å²) in [4.78, 5) is 16.2. The molecule has 1 aliphatic heterocycles. The third-order valence-electron chi connectivity index (χ3n) is 10.9. The fourth-order valence-corrected chi connectivity index (χ4v) is 7.48. The average Bonchev–Trinajstić information content (AvgIpc) is 3.34. The van der Waals surface area contributed by atoms with Gasteiger partial charge in [-0.15, -0.1) is 0 Å². The highest BCUT2D eigenvalue weighted by molar-refractivity contribution is 5.79. The van der Waals surface area contributed by atoms with E-state index in [1.807, 2.05) is 80.6 Å². The van der Waals surface area contributed by atoms with Crippen LogP contribution in [0, 0.1) is 5.41 Å². The zero-order valence-corrected chi connectivity index (χ0v) is 40.9. The maximum Gasteiger partial charge on any atom is 0.221 e. The second-order valence-electron chi connectivity index (χ2n) is 17.2. The van der Waals surface area contributed by atoms with Gasteiger partial charge in [0.25, 0.3) is 0 Å². The van der Waals surface area contributed by atoms with Crippen molar-refractivity contribution in [3.8, 4) is 56.8 Å². The van der Waals surface area contributed by atoms with E-state index in [9.17, 15) is 5.11 Å². The molecule has 18 heteroatoms. The number of methoxy groups -OCH3 is 2. The lowest BCUT2D eigenvalue weighted by Crippen LogP contribution is -2.32. The van der Waals surface area contributed by atoms with Gasteiger partial charge in [-0.25, -0.2) is 9.97 Å². The van der Waals surface area contributed by atoms with Crippen molar-refractivity contribution in [1.29, 1.82) is 0 Å². The Balaban J connectivity index is 0.000000244. The number of nitrogen functional groups attached to an aromatic ring is 4. The molecule has 70 heavy (non-hydrogen) atoms. The molecule has 6 aromatic rings. The molecule has 0 saturated carbocycles. The van der Waals surface area contributed by atoms with Gasteiger partial charge < -0.3 is 70.7 Å². The Morgan fingerprint density at radius 3 is 1.59 bits per heavy atom. The van der Waals surface area contributed by atoms with Gasteiger partial charge in [-0.05, 0) is 104 Å². The number of anilines is 4. The summed E-state index contributed by atoms with van der Waals surface area (Å²) in [7, 11) is 3.15. The number of aromatic nitrogens is 4. The SMILES string of the molecule is CCOc1cc(Cc2cnc(N)nc2N)cc(O)c1-c1ccc(OCOC)cc1.CCOc1cc(Cc2cnc(N)nc2N)cc(OCC(C)(C)COC2CCCCO2)c1-c1ccc(OCOC)cc1. The van der Waals surface area contributed by atoms with Crippen molar-refractivity contribution in [2.75, 3.05) is 83.8 Å². The number of hydrogen-bond donors (Lipinski definition) is 5.